The zero-order valence-electron chi connectivity index (χ0n) is 10.1. The summed E-state index contributed by atoms with van der Waals surface area (Å²) in [6.45, 7) is 0. The van der Waals surface area contributed by atoms with Crippen molar-refractivity contribution < 1.29 is 4.79 Å². The molecule has 1 amide bonds. The normalized spacial score (nSPS) is 16.8. The zero-order chi connectivity index (χ0) is 12.3. The molecule has 0 radical (unpaired) electrons. The van der Waals surface area contributed by atoms with Gasteiger partial charge in [-0.15, -0.1) is 11.3 Å². The number of carbonyl (C=O) groups excluding carboxylic acids is 1. The Kier molecular flexibility index (Phi) is 3.89. The van der Waals surface area contributed by atoms with Crippen molar-refractivity contribution in [2.75, 3.05) is 18.1 Å². The molecule has 4 nitrogen and oxygen atoms in total. The molecule has 4 N–H and O–H groups in total. The Bertz CT molecular complexity index is 396. The summed E-state index contributed by atoms with van der Waals surface area (Å²) in [6.07, 6.45) is 6.36. The van der Waals surface area contributed by atoms with Gasteiger partial charge in [0.2, 0.25) is 0 Å². The fourth-order valence-electron chi connectivity index (χ4n) is 2.22. The number of rotatable bonds is 3. The van der Waals surface area contributed by atoms with Gasteiger partial charge in [0.05, 0.1) is 10.7 Å². The quantitative estimate of drug-likeness (QED) is 0.775. The number of anilines is 2. The number of nitrogens with two attached hydrogens (primary N) is 1. The highest BCUT2D eigenvalue weighted by molar-refractivity contribution is 7.18. The number of thiophene rings is 1. The summed E-state index contributed by atoms with van der Waals surface area (Å²) < 4.78 is 0. The van der Waals surface area contributed by atoms with E-state index in [9.17, 15) is 4.79 Å². The summed E-state index contributed by atoms with van der Waals surface area (Å²) in [4.78, 5) is 12.1. The van der Waals surface area contributed by atoms with Gasteiger partial charge in [-0.2, -0.15) is 0 Å². The molecule has 0 atom stereocenters. The smallest absolute Gasteiger partial charge is 0.263 e. The van der Waals surface area contributed by atoms with Crippen molar-refractivity contribution in [3.8, 4) is 0 Å². The molecule has 1 aliphatic rings. The van der Waals surface area contributed by atoms with Crippen LogP contribution in [0.5, 0.6) is 0 Å². The highest BCUT2D eigenvalue weighted by atomic mass is 32.1. The van der Waals surface area contributed by atoms with E-state index in [2.05, 4.69) is 10.6 Å². The van der Waals surface area contributed by atoms with E-state index in [1.54, 1.807) is 7.05 Å². The number of amides is 1. The van der Waals surface area contributed by atoms with E-state index in [1.807, 2.05) is 6.07 Å². The van der Waals surface area contributed by atoms with Gasteiger partial charge in [0, 0.05) is 13.1 Å². The third-order valence-electron chi connectivity index (χ3n) is 3.15. The Morgan fingerprint density at radius 1 is 1.41 bits per heavy atom. The van der Waals surface area contributed by atoms with Gasteiger partial charge in [-0.1, -0.05) is 19.3 Å². The highest BCUT2D eigenvalue weighted by Gasteiger charge is 2.17. The first-order valence-corrected chi connectivity index (χ1v) is 6.90. The predicted octanol–water partition coefficient (Wildman–Crippen LogP) is 2.43. The first kappa shape index (κ1) is 12.2. The molecule has 1 heterocycles. The molecule has 1 aromatic heterocycles. The molecule has 1 aromatic rings. The van der Waals surface area contributed by atoms with Crippen molar-refractivity contribution in [2.45, 2.75) is 38.1 Å². The minimum absolute atomic E-state index is 0.107. The third-order valence-corrected chi connectivity index (χ3v) is 4.23. The topological polar surface area (TPSA) is 67.2 Å². The summed E-state index contributed by atoms with van der Waals surface area (Å²) in [6, 6.07) is 2.41. The fraction of sp³-hybridized carbons (Fsp3) is 0.583. The molecular weight excluding hydrogens is 234 g/mol. The van der Waals surface area contributed by atoms with Crippen LogP contribution in [0, 0.1) is 0 Å². The maximum atomic E-state index is 11.5. The van der Waals surface area contributed by atoms with E-state index < -0.39 is 0 Å². The van der Waals surface area contributed by atoms with Crippen LogP contribution in [-0.2, 0) is 0 Å². The van der Waals surface area contributed by atoms with Crippen LogP contribution in [0.1, 0.15) is 41.8 Å². The number of hydrogen-bond donors (Lipinski definition) is 3. The van der Waals surface area contributed by atoms with Gasteiger partial charge < -0.3 is 16.4 Å². The van der Waals surface area contributed by atoms with Crippen LogP contribution in [-0.4, -0.2) is 19.0 Å². The molecule has 1 aliphatic carbocycles. The van der Waals surface area contributed by atoms with Gasteiger partial charge in [0.25, 0.3) is 5.91 Å². The second kappa shape index (κ2) is 5.40. The Balaban J connectivity index is 2.03. The lowest BCUT2D eigenvalue weighted by Crippen LogP contribution is -2.21. The van der Waals surface area contributed by atoms with Crippen LogP contribution in [0.15, 0.2) is 6.07 Å². The van der Waals surface area contributed by atoms with Crippen LogP contribution < -0.4 is 16.4 Å². The molecule has 0 aromatic carbocycles. The Morgan fingerprint density at radius 3 is 2.76 bits per heavy atom. The molecule has 0 bridgehead atoms. The fourth-order valence-corrected chi connectivity index (χ4v) is 3.22. The molecule has 2 rings (SSSR count). The van der Waals surface area contributed by atoms with Crippen molar-refractivity contribution in [3.63, 3.8) is 0 Å². The van der Waals surface area contributed by atoms with Crippen molar-refractivity contribution in [2.24, 2.45) is 0 Å². The van der Waals surface area contributed by atoms with E-state index in [0.717, 1.165) is 5.00 Å². The molecule has 1 fully saturated rings. The number of nitrogens with one attached hydrogen (secondary N) is 2. The van der Waals surface area contributed by atoms with E-state index in [1.165, 1.54) is 43.4 Å². The Hall–Kier alpha value is -1.23. The van der Waals surface area contributed by atoms with Gasteiger partial charge in [-0.3, -0.25) is 4.79 Å². The van der Waals surface area contributed by atoms with Crippen molar-refractivity contribution >= 4 is 27.9 Å². The molecule has 0 aliphatic heterocycles. The lowest BCUT2D eigenvalue weighted by Gasteiger charge is -2.22. The number of carbonyl (C=O) groups is 1. The van der Waals surface area contributed by atoms with Crippen molar-refractivity contribution in [1.82, 2.24) is 5.32 Å². The maximum Gasteiger partial charge on any atom is 0.263 e. The third kappa shape index (κ3) is 2.91. The van der Waals surface area contributed by atoms with E-state index in [0.29, 0.717) is 16.6 Å². The first-order chi connectivity index (χ1) is 8.20. The summed E-state index contributed by atoms with van der Waals surface area (Å²) in [5.41, 5.74) is 6.40. The monoisotopic (exact) mass is 253 g/mol. The average Bonchev–Trinajstić information content (AvgIpc) is 2.70. The first-order valence-electron chi connectivity index (χ1n) is 6.08. The molecule has 0 spiro atoms. The van der Waals surface area contributed by atoms with Gasteiger partial charge in [-0.05, 0) is 18.9 Å². The van der Waals surface area contributed by atoms with Gasteiger partial charge in [0.1, 0.15) is 4.88 Å². The molecule has 1 saturated carbocycles. The molecule has 17 heavy (non-hydrogen) atoms. The molecular formula is C12H19N3OS. The summed E-state index contributed by atoms with van der Waals surface area (Å²) in [5.74, 6) is -0.107. The minimum Gasteiger partial charge on any atom is -0.397 e. The largest absolute Gasteiger partial charge is 0.397 e. The summed E-state index contributed by atoms with van der Waals surface area (Å²) >= 11 is 1.44. The Labute approximate surface area is 106 Å². The number of nitrogen functional groups attached to an aromatic ring is 1. The lowest BCUT2D eigenvalue weighted by molar-refractivity contribution is 0.0968. The second-order valence-corrected chi connectivity index (χ2v) is 5.51. The van der Waals surface area contributed by atoms with Crippen LogP contribution in [0.4, 0.5) is 10.7 Å². The van der Waals surface area contributed by atoms with Crippen molar-refractivity contribution in [1.29, 1.82) is 0 Å². The average molecular weight is 253 g/mol. The molecule has 94 valence electrons. The zero-order valence-corrected chi connectivity index (χ0v) is 10.9. The predicted molar refractivity (Wildman–Crippen MR) is 72.6 cm³/mol. The minimum atomic E-state index is -0.107. The molecule has 5 heteroatoms. The SMILES string of the molecule is CNC(=O)c1sc(NC2CCCCC2)cc1N. The highest BCUT2D eigenvalue weighted by Crippen LogP contribution is 2.31. The van der Waals surface area contributed by atoms with Crippen LogP contribution in [0.2, 0.25) is 0 Å². The van der Waals surface area contributed by atoms with E-state index in [-0.39, 0.29) is 5.91 Å². The van der Waals surface area contributed by atoms with Crippen LogP contribution >= 0.6 is 11.3 Å². The van der Waals surface area contributed by atoms with Crippen LogP contribution in [0.3, 0.4) is 0 Å². The van der Waals surface area contributed by atoms with Gasteiger partial charge in [0.15, 0.2) is 0 Å². The molecule has 0 unspecified atom stereocenters. The van der Waals surface area contributed by atoms with E-state index in [4.69, 9.17) is 5.73 Å². The van der Waals surface area contributed by atoms with E-state index >= 15 is 0 Å². The summed E-state index contributed by atoms with van der Waals surface area (Å²) in [7, 11) is 1.62. The van der Waals surface area contributed by atoms with Crippen LogP contribution in [0.25, 0.3) is 0 Å². The molecule has 0 saturated heterocycles. The Morgan fingerprint density at radius 2 is 2.12 bits per heavy atom. The summed E-state index contributed by atoms with van der Waals surface area (Å²) in [5, 5.41) is 7.09. The standard InChI is InChI=1S/C12H19N3OS/c1-14-12(16)11-9(13)7-10(17-11)15-8-5-3-2-4-6-8/h7-8,15H,2-6,13H2,1H3,(H,14,16). The van der Waals surface area contributed by atoms with Crippen molar-refractivity contribution in [3.05, 3.63) is 10.9 Å². The maximum absolute atomic E-state index is 11.5. The van der Waals surface area contributed by atoms with Gasteiger partial charge in [-0.25, -0.2) is 0 Å². The lowest BCUT2D eigenvalue weighted by atomic mass is 9.96. The second-order valence-electron chi connectivity index (χ2n) is 4.45. The number of hydrogen-bond acceptors (Lipinski definition) is 4. The van der Waals surface area contributed by atoms with Gasteiger partial charge >= 0.3 is 0 Å².